The maximum Gasteiger partial charge on any atom is 0.107 e. The molecule has 2 aromatic heterocycles. The standard InChI is InChI=1S/C8H6N2S2/c11-12-8-4-3-6-7(10-8)2-1-5-9-6/h1-5,11H. The predicted molar refractivity (Wildman–Crippen MR) is 54.4 cm³/mol. The van der Waals surface area contributed by atoms with Gasteiger partial charge in [0, 0.05) is 6.20 Å². The van der Waals surface area contributed by atoms with Crippen molar-refractivity contribution < 1.29 is 0 Å². The Balaban J connectivity index is 2.67. The molecule has 0 aliphatic rings. The van der Waals surface area contributed by atoms with Gasteiger partial charge in [-0.25, -0.2) is 4.98 Å². The summed E-state index contributed by atoms with van der Waals surface area (Å²) in [4.78, 5) is 8.48. The van der Waals surface area contributed by atoms with Crippen LogP contribution in [-0.2, 0) is 0 Å². The van der Waals surface area contributed by atoms with Gasteiger partial charge in [-0.1, -0.05) is 0 Å². The molecule has 0 aliphatic carbocycles. The molecule has 0 bridgehead atoms. The van der Waals surface area contributed by atoms with Crippen molar-refractivity contribution in [3.05, 3.63) is 30.5 Å². The summed E-state index contributed by atoms with van der Waals surface area (Å²) in [5.74, 6) is 0. The number of rotatable bonds is 1. The molecule has 2 rings (SSSR count). The quantitative estimate of drug-likeness (QED) is 0.558. The van der Waals surface area contributed by atoms with Gasteiger partial charge in [-0.15, -0.1) is 11.7 Å². The fourth-order valence-electron chi connectivity index (χ4n) is 0.989. The summed E-state index contributed by atoms with van der Waals surface area (Å²) in [5, 5.41) is 0.902. The zero-order chi connectivity index (χ0) is 8.39. The molecule has 12 heavy (non-hydrogen) atoms. The minimum atomic E-state index is 0.902. The van der Waals surface area contributed by atoms with Gasteiger partial charge in [-0.2, -0.15) is 0 Å². The van der Waals surface area contributed by atoms with Crippen LogP contribution in [0.1, 0.15) is 0 Å². The highest BCUT2D eigenvalue weighted by Crippen LogP contribution is 2.20. The van der Waals surface area contributed by atoms with E-state index in [0.717, 1.165) is 16.1 Å². The number of pyridine rings is 2. The topological polar surface area (TPSA) is 25.8 Å². The van der Waals surface area contributed by atoms with Crippen molar-refractivity contribution in [1.82, 2.24) is 9.97 Å². The molecular weight excluding hydrogens is 188 g/mol. The second-order valence-electron chi connectivity index (χ2n) is 2.28. The van der Waals surface area contributed by atoms with Crippen molar-refractivity contribution in [3.8, 4) is 0 Å². The first-order chi connectivity index (χ1) is 5.90. The van der Waals surface area contributed by atoms with Crippen molar-refractivity contribution >= 4 is 33.5 Å². The van der Waals surface area contributed by atoms with Crippen LogP contribution in [0.5, 0.6) is 0 Å². The van der Waals surface area contributed by atoms with Gasteiger partial charge in [0.25, 0.3) is 0 Å². The molecule has 4 heteroatoms. The SMILES string of the molecule is SSc1ccc2ncccc2n1. The molecule has 0 saturated heterocycles. The highest BCUT2D eigenvalue weighted by Gasteiger charge is 1.96. The molecule has 0 aliphatic heterocycles. The lowest BCUT2D eigenvalue weighted by molar-refractivity contribution is 1.18. The van der Waals surface area contributed by atoms with E-state index in [2.05, 4.69) is 21.6 Å². The molecule has 0 amide bonds. The number of thiol groups is 1. The van der Waals surface area contributed by atoms with Crippen LogP contribution in [0.25, 0.3) is 11.0 Å². The van der Waals surface area contributed by atoms with Crippen LogP contribution in [0.2, 0.25) is 0 Å². The first-order valence-electron chi connectivity index (χ1n) is 3.43. The molecular formula is C8H6N2S2. The second-order valence-corrected chi connectivity index (χ2v) is 3.43. The third-order valence-corrected chi connectivity index (χ3v) is 2.50. The fourth-order valence-corrected chi connectivity index (χ4v) is 1.56. The fraction of sp³-hybridized carbons (Fsp3) is 0. The van der Waals surface area contributed by atoms with Gasteiger partial charge in [0.15, 0.2) is 0 Å². The highest BCUT2D eigenvalue weighted by atomic mass is 33.1. The van der Waals surface area contributed by atoms with E-state index in [-0.39, 0.29) is 0 Å². The van der Waals surface area contributed by atoms with E-state index in [4.69, 9.17) is 0 Å². The Labute approximate surface area is 79.2 Å². The summed E-state index contributed by atoms with van der Waals surface area (Å²) >= 11 is 4.07. The first-order valence-corrected chi connectivity index (χ1v) is 5.30. The third-order valence-electron chi connectivity index (χ3n) is 1.52. The summed E-state index contributed by atoms with van der Waals surface area (Å²) < 4.78 is 0. The van der Waals surface area contributed by atoms with Crippen LogP contribution in [-0.4, -0.2) is 9.97 Å². The van der Waals surface area contributed by atoms with Gasteiger partial charge < -0.3 is 0 Å². The number of hydrogen-bond acceptors (Lipinski definition) is 4. The Morgan fingerprint density at radius 1 is 1.17 bits per heavy atom. The van der Waals surface area contributed by atoms with E-state index in [0.29, 0.717) is 0 Å². The third kappa shape index (κ3) is 1.40. The summed E-state index contributed by atoms with van der Waals surface area (Å²) in [6.07, 6.45) is 1.76. The smallest absolute Gasteiger partial charge is 0.107 e. The molecule has 0 atom stereocenters. The molecule has 60 valence electrons. The van der Waals surface area contributed by atoms with E-state index in [1.807, 2.05) is 24.3 Å². The van der Waals surface area contributed by atoms with Crippen LogP contribution in [0.15, 0.2) is 35.5 Å². The van der Waals surface area contributed by atoms with Gasteiger partial charge in [0.1, 0.15) is 5.03 Å². The maximum absolute atomic E-state index is 4.32. The first kappa shape index (κ1) is 7.89. The lowest BCUT2D eigenvalue weighted by Crippen LogP contribution is -1.82. The Morgan fingerprint density at radius 3 is 2.92 bits per heavy atom. The van der Waals surface area contributed by atoms with Crippen LogP contribution >= 0.6 is 22.5 Å². The number of aromatic nitrogens is 2. The van der Waals surface area contributed by atoms with Crippen molar-refractivity contribution in [2.75, 3.05) is 0 Å². The molecule has 2 heterocycles. The van der Waals surface area contributed by atoms with E-state index in [1.54, 1.807) is 6.20 Å². The molecule has 2 nitrogen and oxygen atoms in total. The molecule has 0 unspecified atom stereocenters. The number of fused-ring (bicyclic) bond motifs is 1. The molecule has 0 fully saturated rings. The largest absolute Gasteiger partial charge is 0.255 e. The van der Waals surface area contributed by atoms with Crippen LogP contribution in [0.3, 0.4) is 0 Å². The van der Waals surface area contributed by atoms with Gasteiger partial charge in [0.05, 0.1) is 11.0 Å². The summed E-state index contributed by atoms with van der Waals surface area (Å²) in [6, 6.07) is 7.67. The van der Waals surface area contributed by atoms with Crippen molar-refractivity contribution in [1.29, 1.82) is 0 Å². The predicted octanol–water partition coefficient (Wildman–Crippen LogP) is 2.57. The van der Waals surface area contributed by atoms with Crippen molar-refractivity contribution in [3.63, 3.8) is 0 Å². The lowest BCUT2D eigenvalue weighted by atomic mass is 10.3. The minimum absolute atomic E-state index is 0.902. The molecule has 0 radical (unpaired) electrons. The summed E-state index contributed by atoms with van der Waals surface area (Å²) in [7, 11) is 1.34. The Morgan fingerprint density at radius 2 is 2.08 bits per heavy atom. The van der Waals surface area contributed by atoms with E-state index >= 15 is 0 Å². The van der Waals surface area contributed by atoms with Gasteiger partial charge in [0.2, 0.25) is 0 Å². The van der Waals surface area contributed by atoms with Crippen LogP contribution in [0, 0.1) is 0 Å². The maximum atomic E-state index is 4.32. The van der Waals surface area contributed by atoms with Crippen molar-refractivity contribution in [2.45, 2.75) is 5.03 Å². The molecule has 0 spiro atoms. The zero-order valence-corrected chi connectivity index (χ0v) is 7.85. The second kappa shape index (κ2) is 3.33. The van der Waals surface area contributed by atoms with Crippen LogP contribution in [0.4, 0.5) is 0 Å². The van der Waals surface area contributed by atoms with Gasteiger partial charge >= 0.3 is 0 Å². The zero-order valence-electron chi connectivity index (χ0n) is 6.14. The Hall–Kier alpha value is -0.740. The molecule has 0 N–H and O–H groups in total. The summed E-state index contributed by atoms with van der Waals surface area (Å²) in [5.41, 5.74) is 1.83. The van der Waals surface area contributed by atoms with E-state index in [9.17, 15) is 0 Å². The minimum Gasteiger partial charge on any atom is -0.255 e. The molecule has 0 aromatic carbocycles. The van der Waals surface area contributed by atoms with E-state index < -0.39 is 0 Å². The number of hydrogen-bond donors (Lipinski definition) is 1. The van der Waals surface area contributed by atoms with Gasteiger partial charge in [-0.3, -0.25) is 4.98 Å². The lowest BCUT2D eigenvalue weighted by Gasteiger charge is -1.96. The average Bonchev–Trinajstić information content (AvgIpc) is 2.17. The highest BCUT2D eigenvalue weighted by molar-refractivity contribution is 8.68. The van der Waals surface area contributed by atoms with Gasteiger partial charge in [-0.05, 0) is 35.1 Å². The Bertz CT molecular complexity index is 403. The monoisotopic (exact) mass is 194 g/mol. The molecule has 0 saturated carbocycles. The average molecular weight is 194 g/mol. The number of nitrogens with zero attached hydrogens (tertiary/aromatic N) is 2. The van der Waals surface area contributed by atoms with E-state index in [1.165, 1.54) is 10.8 Å². The normalized spacial score (nSPS) is 10.4. The molecule has 2 aromatic rings. The van der Waals surface area contributed by atoms with Crippen LogP contribution < -0.4 is 0 Å². The van der Waals surface area contributed by atoms with Crippen molar-refractivity contribution in [2.24, 2.45) is 0 Å². The Kier molecular flexibility index (Phi) is 2.19. The summed E-state index contributed by atoms with van der Waals surface area (Å²) in [6.45, 7) is 0.